The highest BCUT2D eigenvalue weighted by Gasteiger charge is 2.08. The van der Waals surface area contributed by atoms with Gasteiger partial charge in [-0.3, -0.25) is 0 Å². The molecule has 1 rings (SSSR count). The van der Waals surface area contributed by atoms with Crippen LogP contribution in [0.2, 0.25) is 0 Å². The quantitative estimate of drug-likeness (QED) is 0.829. The van der Waals surface area contributed by atoms with Gasteiger partial charge < -0.3 is 10.5 Å². The Morgan fingerprint density at radius 2 is 2.00 bits per heavy atom. The standard InChI is InChI=1S/C14H23NO/c1-5-13-9-12(8-11(4)15)7-10(3)14(13)16-6-2/h7,9,11H,5-6,8,15H2,1-4H3. The molecule has 0 bridgehead atoms. The minimum atomic E-state index is 0.210. The van der Waals surface area contributed by atoms with E-state index in [2.05, 4.69) is 26.0 Å². The Labute approximate surface area is 98.8 Å². The van der Waals surface area contributed by atoms with Gasteiger partial charge in [0.05, 0.1) is 6.61 Å². The zero-order valence-electron chi connectivity index (χ0n) is 10.8. The van der Waals surface area contributed by atoms with E-state index in [9.17, 15) is 0 Å². The molecule has 90 valence electrons. The number of hydrogen-bond donors (Lipinski definition) is 1. The summed E-state index contributed by atoms with van der Waals surface area (Å²) in [6.07, 6.45) is 1.93. The first kappa shape index (κ1) is 13.0. The number of nitrogens with two attached hydrogens (primary N) is 1. The minimum Gasteiger partial charge on any atom is -0.493 e. The summed E-state index contributed by atoms with van der Waals surface area (Å²) in [6, 6.07) is 4.62. The number of aryl methyl sites for hydroxylation is 2. The molecular weight excluding hydrogens is 198 g/mol. The predicted molar refractivity (Wildman–Crippen MR) is 69.1 cm³/mol. The number of ether oxygens (including phenoxy) is 1. The van der Waals surface area contributed by atoms with Crippen LogP contribution in [0.15, 0.2) is 12.1 Å². The van der Waals surface area contributed by atoms with Crippen LogP contribution >= 0.6 is 0 Å². The Morgan fingerprint density at radius 1 is 1.31 bits per heavy atom. The summed E-state index contributed by atoms with van der Waals surface area (Å²) in [5.74, 6) is 1.05. The van der Waals surface area contributed by atoms with Crippen LogP contribution in [-0.2, 0) is 12.8 Å². The highest BCUT2D eigenvalue weighted by Crippen LogP contribution is 2.26. The second kappa shape index (κ2) is 5.90. The van der Waals surface area contributed by atoms with Gasteiger partial charge in [0.25, 0.3) is 0 Å². The van der Waals surface area contributed by atoms with Crippen molar-refractivity contribution in [3.63, 3.8) is 0 Å². The molecule has 2 N–H and O–H groups in total. The molecule has 16 heavy (non-hydrogen) atoms. The van der Waals surface area contributed by atoms with Gasteiger partial charge in [0, 0.05) is 6.04 Å². The molecule has 0 saturated carbocycles. The van der Waals surface area contributed by atoms with Crippen molar-refractivity contribution >= 4 is 0 Å². The fraction of sp³-hybridized carbons (Fsp3) is 0.571. The summed E-state index contributed by atoms with van der Waals surface area (Å²) < 4.78 is 5.69. The molecule has 0 radical (unpaired) electrons. The van der Waals surface area contributed by atoms with E-state index in [1.54, 1.807) is 0 Å². The van der Waals surface area contributed by atoms with Crippen molar-refractivity contribution in [2.75, 3.05) is 6.61 Å². The van der Waals surface area contributed by atoms with Crippen LogP contribution in [-0.4, -0.2) is 12.6 Å². The first-order chi connectivity index (χ1) is 7.58. The van der Waals surface area contributed by atoms with Crippen LogP contribution in [0.25, 0.3) is 0 Å². The summed E-state index contributed by atoms with van der Waals surface area (Å²) in [5.41, 5.74) is 9.65. The van der Waals surface area contributed by atoms with E-state index in [-0.39, 0.29) is 6.04 Å². The SMILES string of the molecule is CCOc1c(C)cc(CC(C)N)cc1CC. The summed E-state index contributed by atoms with van der Waals surface area (Å²) in [7, 11) is 0. The highest BCUT2D eigenvalue weighted by atomic mass is 16.5. The van der Waals surface area contributed by atoms with E-state index >= 15 is 0 Å². The Hall–Kier alpha value is -1.02. The lowest BCUT2D eigenvalue weighted by atomic mass is 9.99. The third-order valence-corrected chi connectivity index (χ3v) is 2.64. The Kier molecular flexibility index (Phi) is 4.81. The molecule has 0 amide bonds. The lowest BCUT2D eigenvalue weighted by Gasteiger charge is -2.15. The molecule has 1 aromatic rings. The minimum absolute atomic E-state index is 0.210. The molecule has 0 aliphatic heterocycles. The Morgan fingerprint density at radius 3 is 2.50 bits per heavy atom. The van der Waals surface area contributed by atoms with Crippen molar-refractivity contribution < 1.29 is 4.74 Å². The van der Waals surface area contributed by atoms with Crippen molar-refractivity contribution in [3.05, 3.63) is 28.8 Å². The average molecular weight is 221 g/mol. The second-order valence-corrected chi connectivity index (χ2v) is 4.37. The van der Waals surface area contributed by atoms with Gasteiger partial charge >= 0.3 is 0 Å². The molecular formula is C14H23NO. The van der Waals surface area contributed by atoms with Crippen molar-refractivity contribution in [3.8, 4) is 5.75 Å². The van der Waals surface area contributed by atoms with Gasteiger partial charge in [-0.25, -0.2) is 0 Å². The first-order valence-corrected chi connectivity index (χ1v) is 6.09. The molecule has 2 nitrogen and oxygen atoms in total. The molecule has 1 unspecified atom stereocenters. The topological polar surface area (TPSA) is 35.2 Å². The molecule has 0 aliphatic carbocycles. The van der Waals surface area contributed by atoms with Gasteiger partial charge in [0.1, 0.15) is 5.75 Å². The van der Waals surface area contributed by atoms with E-state index in [0.29, 0.717) is 0 Å². The number of hydrogen-bond acceptors (Lipinski definition) is 2. The van der Waals surface area contributed by atoms with Crippen LogP contribution in [0.3, 0.4) is 0 Å². The maximum atomic E-state index is 5.83. The van der Waals surface area contributed by atoms with Crippen LogP contribution in [0, 0.1) is 6.92 Å². The molecule has 0 aliphatic rings. The Balaban J connectivity index is 3.05. The van der Waals surface area contributed by atoms with E-state index < -0.39 is 0 Å². The summed E-state index contributed by atoms with van der Waals surface area (Å²) in [6.45, 7) is 9.05. The fourth-order valence-electron chi connectivity index (χ4n) is 2.03. The van der Waals surface area contributed by atoms with Crippen LogP contribution in [0.4, 0.5) is 0 Å². The highest BCUT2D eigenvalue weighted by molar-refractivity contribution is 5.44. The molecule has 0 heterocycles. The third kappa shape index (κ3) is 3.24. The maximum absolute atomic E-state index is 5.83. The van der Waals surface area contributed by atoms with Gasteiger partial charge in [-0.1, -0.05) is 19.1 Å². The molecule has 0 saturated heterocycles. The summed E-state index contributed by atoms with van der Waals surface area (Å²) >= 11 is 0. The van der Waals surface area contributed by atoms with E-state index in [1.807, 2.05) is 13.8 Å². The maximum Gasteiger partial charge on any atom is 0.125 e. The fourth-order valence-corrected chi connectivity index (χ4v) is 2.03. The van der Waals surface area contributed by atoms with Crippen LogP contribution in [0.5, 0.6) is 5.75 Å². The lowest BCUT2D eigenvalue weighted by molar-refractivity contribution is 0.334. The van der Waals surface area contributed by atoms with Crippen molar-refractivity contribution in [2.45, 2.75) is 46.6 Å². The van der Waals surface area contributed by atoms with Crippen molar-refractivity contribution in [1.29, 1.82) is 0 Å². The molecule has 1 atom stereocenters. The smallest absolute Gasteiger partial charge is 0.125 e. The largest absolute Gasteiger partial charge is 0.493 e. The molecule has 2 heteroatoms. The van der Waals surface area contributed by atoms with Crippen molar-refractivity contribution in [2.24, 2.45) is 5.73 Å². The van der Waals surface area contributed by atoms with Crippen molar-refractivity contribution in [1.82, 2.24) is 0 Å². The second-order valence-electron chi connectivity index (χ2n) is 4.37. The third-order valence-electron chi connectivity index (χ3n) is 2.64. The zero-order chi connectivity index (χ0) is 12.1. The zero-order valence-corrected chi connectivity index (χ0v) is 10.8. The normalized spacial score (nSPS) is 12.6. The molecule has 0 fully saturated rings. The molecule has 0 spiro atoms. The van der Waals surface area contributed by atoms with Gasteiger partial charge in [-0.15, -0.1) is 0 Å². The number of benzene rings is 1. The number of rotatable bonds is 5. The first-order valence-electron chi connectivity index (χ1n) is 6.09. The van der Waals surface area contributed by atoms with E-state index in [1.165, 1.54) is 16.7 Å². The molecule has 1 aromatic carbocycles. The van der Waals surface area contributed by atoms with Gasteiger partial charge in [0.2, 0.25) is 0 Å². The van der Waals surface area contributed by atoms with E-state index in [4.69, 9.17) is 10.5 Å². The van der Waals surface area contributed by atoms with Gasteiger partial charge in [0.15, 0.2) is 0 Å². The van der Waals surface area contributed by atoms with Gasteiger partial charge in [-0.05, 0) is 50.3 Å². The monoisotopic (exact) mass is 221 g/mol. The van der Waals surface area contributed by atoms with Crippen LogP contribution in [0.1, 0.15) is 37.5 Å². The Bertz CT molecular complexity index is 345. The average Bonchev–Trinajstić information content (AvgIpc) is 2.20. The predicted octanol–water partition coefficient (Wildman–Crippen LogP) is 2.85. The summed E-state index contributed by atoms with van der Waals surface area (Å²) in [4.78, 5) is 0. The van der Waals surface area contributed by atoms with E-state index in [0.717, 1.165) is 25.2 Å². The van der Waals surface area contributed by atoms with Gasteiger partial charge in [-0.2, -0.15) is 0 Å². The van der Waals surface area contributed by atoms with Crippen LogP contribution < -0.4 is 10.5 Å². The molecule has 0 aromatic heterocycles. The lowest BCUT2D eigenvalue weighted by Crippen LogP contribution is -2.18. The summed E-state index contributed by atoms with van der Waals surface area (Å²) in [5, 5.41) is 0.